The first kappa shape index (κ1) is 19.0. The van der Waals surface area contributed by atoms with Crippen LogP contribution in [0.25, 0.3) is 0 Å². The number of rotatable bonds is 3. The third-order valence-electron chi connectivity index (χ3n) is 5.20. The van der Waals surface area contributed by atoms with Gasteiger partial charge in [0.25, 0.3) is 5.91 Å². The molecule has 1 aliphatic carbocycles. The normalized spacial score (nSPS) is 16.9. The Kier molecular flexibility index (Phi) is 4.76. The zero-order valence-electron chi connectivity index (χ0n) is 16.4. The Morgan fingerprint density at radius 2 is 1.74 bits per heavy atom. The number of anilines is 1. The Hall–Kier alpha value is -2.76. The number of fused-ring (bicyclic) bond motifs is 1. The lowest BCUT2D eigenvalue weighted by Gasteiger charge is -2.39. The third kappa shape index (κ3) is 3.70. The number of benzene rings is 1. The van der Waals surface area contributed by atoms with Crippen LogP contribution < -0.4 is 5.32 Å². The lowest BCUT2D eigenvalue weighted by Crippen LogP contribution is -2.36. The van der Waals surface area contributed by atoms with Crippen molar-refractivity contribution in [1.82, 2.24) is 9.97 Å². The Labute approximate surface area is 159 Å². The van der Waals surface area contributed by atoms with Crippen molar-refractivity contribution in [3.05, 3.63) is 53.1 Å². The predicted molar refractivity (Wildman–Crippen MR) is 103 cm³/mol. The lowest BCUT2D eigenvalue weighted by atomic mass is 9.67. The van der Waals surface area contributed by atoms with Gasteiger partial charge >= 0.3 is 5.97 Å². The Morgan fingerprint density at radius 1 is 1.07 bits per heavy atom. The smallest absolute Gasteiger partial charge is 0.337 e. The van der Waals surface area contributed by atoms with Crippen molar-refractivity contribution in [2.24, 2.45) is 0 Å². The van der Waals surface area contributed by atoms with Crippen LogP contribution in [0.5, 0.6) is 0 Å². The van der Waals surface area contributed by atoms with Gasteiger partial charge in [-0.25, -0.2) is 9.78 Å². The van der Waals surface area contributed by atoms with Crippen molar-refractivity contribution in [2.45, 2.75) is 51.4 Å². The second kappa shape index (κ2) is 6.76. The molecule has 1 aromatic heterocycles. The molecule has 27 heavy (non-hydrogen) atoms. The highest BCUT2D eigenvalue weighted by Gasteiger charge is 2.40. The quantitative estimate of drug-likeness (QED) is 0.833. The van der Waals surface area contributed by atoms with Gasteiger partial charge in [-0.05, 0) is 31.0 Å². The largest absolute Gasteiger partial charge is 0.465 e. The molecule has 6 nitrogen and oxygen atoms in total. The molecule has 0 saturated heterocycles. The minimum Gasteiger partial charge on any atom is -0.465 e. The number of nitrogens with one attached hydrogen (secondary N) is 1. The first-order chi connectivity index (χ1) is 12.6. The van der Waals surface area contributed by atoms with Crippen LogP contribution in [0.2, 0.25) is 0 Å². The van der Waals surface area contributed by atoms with Gasteiger partial charge in [0.15, 0.2) is 0 Å². The van der Waals surface area contributed by atoms with Crippen LogP contribution in [-0.4, -0.2) is 29.0 Å². The molecular weight excluding hydrogens is 342 g/mol. The van der Waals surface area contributed by atoms with Crippen LogP contribution in [0.15, 0.2) is 30.5 Å². The van der Waals surface area contributed by atoms with Crippen molar-refractivity contribution in [3.63, 3.8) is 0 Å². The zero-order valence-corrected chi connectivity index (χ0v) is 16.4. The van der Waals surface area contributed by atoms with E-state index in [2.05, 4.69) is 43.0 Å². The fourth-order valence-corrected chi connectivity index (χ4v) is 3.36. The molecular formula is C21H25N3O3. The second-order valence-electron chi connectivity index (χ2n) is 8.25. The summed E-state index contributed by atoms with van der Waals surface area (Å²) < 4.78 is 4.71. The molecule has 0 aliphatic heterocycles. The molecule has 0 fully saturated rings. The summed E-state index contributed by atoms with van der Waals surface area (Å²) >= 11 is 0. The number of hydrogen-bond acceptors (Lipinski definition) is 5. The molecule has 2 aromatic rings. The van der Waals surface area contributed by atoms with E-state index >= 15 is 0 Å². The molecule has 0 spiro atoms. The molecule has 6 heteroatoms. The minimum absolute atomic E-state index is 0.0539. The van der Waals surface area contributed by atoms with Gasteiger partial charge in [0.2, 0.25) is 0 Å². The SMILES string of the molecule is COC(=O)c1cccc(NC(=O)c2cnc3c(n2)C(C)(C)CCC3(C)C)c1. The highest BCUT2D eigenvalue weighted by molar-refractivity contribution is 6.03. The highest BCUT2D eigenvalue weighted by atomic mass is 16.5. The van der Waals surface area contributed by atoms with E-state index in [1.54, 1.807) is 24.3 Å². The molecule has 0 atom stereocenters. The number of ether oxygens (including phenoxy) is 1. The number of methoxy groups -OCH3 is 1. The zero-order chi connectivity index (χ0) is 19.8. The van der Waals surface area contributed by atoms with Gasteiger partial charge < -0.3 is 10.1 Å². The van der Waals surface area contributed by atoms with Crippen LogP contribution in [0.4, 0.5) is 5.69 Å². The van der Waals surface area contributed by atoms with Crippen molar-refractivity contribution in [1.29, 1.82) is 0 Å². The second-order valence-corrected chi connectivity index (χ2v) is 8.25. The van der Waals surface area contributed by atoms with Crippen LogP contribution in [0.3, 0.4) is 0 Å². The molecule has 142 valence electrons. The van der Waals surface area contributed by atoms with E-state index in [1.807, 2.05) is 0 Å². The molecule has 0 saturated carbocycles. The number of hydrogen-bond donors (Lipinski definition) is 1. The number of amides is 1. The summed E-state index contributed by atoms with van der Waals surface area (Å²) in [6, 6.07) is 6.60. The lowest BCUT2D eigenvalue weighted by molar-refractivity contribution is 0.0600. The number of carbonyl (C=O) groups excluding carboxylic acids is 2. The number of nitrogens with zero attached hydrogens (tertiary/aromatic N) is 2. The number of aromatic nitrogens is 2. The monoisotopic (exact) mass is 367 g/mol. The summed E-state index contributed by atoms with van der Waals surface area (Å²) in [5, 5.41) is 2.78. The summed E-state index contributed by atoms with van der Waals surface area (Å²) in [6.07, 6.45) is 3.56. The van der Waals surface area contributed by atoms with Crippen LogP contribution in [0.1, 0.15) is 72.8 Å². The fraction of sp³-hybridized carbons (Fsp3) is 0.429. The molecule has 1 aromatic carbocycles. The van der Waals surface area contributed by atoms with Gasteiger partial charge in [0.1, 0.15) is 5.69 Å². The summed E-state index contributed by atoms with van der Waals surface area (Å²) in [6.45, 7) is 8.59. The fourth-order valence-electron chi connectivity index (χ4n) is 3.36. The van der Waals surface area contributed by atoms with E-state index in [1.165, 1.54) is 13.3 Å². The van der Waals surface area contributed by atoms with E-state index in [0.29, 0.717) is 11.3 Å². The average molecular weight is 367 g/mol. The third-order valence-corrected chi connectivity index (χ3v) is 5.20. The highest BCUT2D eigenvalue weighted by Crippen LogP contribution is 2.43. The van der Waals surface area contributed by atoms with Gasteiger partial charge in [-0.3, -0.25) is 9.78 Å². The molecule has 0 unspecified atom stereocenters. The predicted octanol–water partition coefficient (Wildman–Crippen LogP) is 3.86. The van der Waals surface area contributed by atoms with E-state index in [9.17, 15) is 9.59 Å². The first-order valence-corrected chi connectivity index (χ1v) is 9.02. The molecule has 1 heterocycles. The number of esters is 1. The van der Waals surface area contributed by atoms with Crippen LogP contribution >= 0.6 is 0 Å². The van der Waals surface area contributed by atoms with Crippen molar-refractivity contribution in [2.75, 3.05) is 12.4 Å². The maximum atomic E-state index is 12.7. The Balaban J connectivity index is 1.90. The van der Waals surface area contributed by atoms with Crippen LogP contribution in [0, 0.1) is 0 Å². The molecule has 1 aliphatic rings. The molecule has 0 bridgehead atoms. The molecule has 1 N–H and O–H groups in total. The standard InChI is InChI=1S/C21H25N3O3/c1-20(2)9-10-21(3,4)17-16(20)22-12-15(24-17)18(25)23-14-8-6-7-13(11-14)19(26)27-5/h6-8,11-12H,9-10H2,1-5H3,(H,23,25). The minimum atomic E-state index is -0.455. The molecule has 3 rings (SSSR count). The van der Waals surface area contributed by atoms with E-state index < -0.39 is 5.97 Å². The Bertz CT molecular complexity index is 903. The molecule has 0 radical (unpaired) electrons. The van der Waals surface area contributed by atoms with E-state index in [-0.39, 0.29) is 22.4 Å². The Morgan fingerprint density at radius 3 is 2.41 bits per heavy atom. The summed E-state index contributed by atoms with van der Waals surface area (Å²) in [5.41, 5.74) is 2.80. The first-order valence-electron chi connectivity index (χ1n) is 9.02. The van der Waals surface area contributed by atoms with Crippen molar-refractivity contribution >= 4 is 17.6 Å². The van der Waals surface area contributed by atoms with E-state index in [4.69, 9.17) is 4.74 Å². The molecule has 1 amide bonds. The van der Waals surface area contributed by atoms with Gasteiger partial charge in [-0.2, -0.15) is 0 Å². The van der Waals surface area contributed by atoms with Gasteiger partial charge in [-0.15, -0.1) is 0 Å². The van der Waals surface area contributed by atoms with Gasteiger partial charge in [-0.1, -0.05) is 33.8 Å². The van der Waals surface area contributed by atoms with Gasteiger partial charge in [0.05, 0.1) is 30.3 Å². The van der Waals surface area contributed by atoms with Crippen LogP contribution in [-0.2, 0) is 15.6 Å². The average Bonchev–Trinajstić information content (AvgIpc) is 2.65. The van der Waals surface area contributed by atoms with Crippen molar-refractivity contribution in [3.8, 4) is 0 Å². The summed E-state index contributed by atoms with van der Waals surface area (Å²) in [5.74, 6) is -0.810. The maximum Gasteiger partial charge on any atom is 0.337 e. The van der Waals surface area contributed by atoms with Gasteiger partial charge in [0, 0.05) is 16.5 Å². The van der Waals surface area contributed by atoms with E-state index in [0.717, 1.165) is 24.2 Å². The summed E-state index contributed by atoms with van der Waals surface area (Å²) in [4.78, 5) is 33.6. The van der Waals surface area contributed by atoms with Crippen molar-refractivity contribution < 1.29 is 14.3 Å². The maximum absolute atomic E-state index is 12.7. The number of carbonyl (C=O) groups is 2. The summed E-state index contributed by atoms with van der Waals surface area (Å²) in [7, 11) is 1.32. The topological polar surface area (TPSA) is 81.2 Å².